The molecule has 1 heterocycles. The van der Waals surface area contributed by atoms with Crippen molar-refractivity contribution in [2.24, 2.45) is 0 Å². The molecule has 3 aromatic carbocycles. The first kappa shape index (κ1) is 22.8. The molecule has 5 nitrogen and oxygen atoms in total. The molecule has 1 fully saturated rings. The van der Waals surface area contributed by atoms with Crippen LogP contribution in [0.25, 0.3) is 0 Å². The molecule has 4 rings (SSSR count). The van der Waals surface area contributed by atoms with Crippen molar-refractivity contribution in [2.45, 2.75) is 19.6 Å². The first-order valence-corrected chi connectivity index (χ1v) is 11.2. The Kier molecular flexibility index (Phi) is 7.58. The molecule has 33 heavy (non-hydrogen) atoms. The van der Waals surface area contributed by atoms with E-state index in [1.807, 2.05) is 47.4 Å². The average molecular weight is 449 g/mol. The summed E-state index contributed by atoms with van der Waals surface area (Å²) in [6, 6.07) is 22.1. The smallest absolute Gasteiger partial charge is 0.254 e. The number of halogens is 1. The van der Waals surface area contributed by atoms with Crippen LogP contribution >= 0.6 is 0 Å². The monoisotopic (exact) mass is 448 g/mol. The van der Waals surface area contributed by atoms with Crippen molar-refractivity contribution < 1.29 is 18.7 Å². The molecule has 0 radical (unpaired) electrons. The van der Waals surface area contributed by atoms with Gasteiger partial charge in [0.1, 0.15) is 12.4 Å². The summed E-state index contributed by atoms with van der Waals surface area (Å²) in [4.78, 5) is 17.2. The Labute approximate surface area is 194 Å². The van der Waals surface area contributed by atoms with Gasteiger partial charge in [0.15, 0.2) is 11.5 Å². The number of rotatable bonds is 7. The molecule has 3 aromatic rings. The van der Waals surface area contributed by atoms with Crippen LogP contribution in [0.3, 0.4) is 0 Å². The van der Waals surface area contributed by atoms with Crippen molar-refractivity contribution in [2.75, 3.05) is 33.3 Å². The van der Waals surface area contributed by atoms with Crippen LogP contribution in [0.2, 0.25) is 0 Å². The normalized spacial score (nSPS) is 14.5. The Balaban J connectivity index is 1.38. The first-order chi connectivity index (χ1) is 16.1. The molecule has 0 aliphatic carbocycles. The fraction of sp³-hybridized carbons (Fsp3) is 0.296. The zero-order chi connectivity index (χ0) is 23.0. The summed E-state index contributed by atoms with van der Waals surface area (Å²) in [7, 11) is 1.57. The molecular formula is C27H29FN2O3. The van der Waals surface area contributed by atoms with Gasteiger partial charge in [0.05, 0.1) is 7.11 Å². The SMILES string of the molecule is COc1cc(C(=O)N2CCCN(Cc3ccccc3F)CC2)ccc1OCc1ccccc1. The predicted molar refractivity (Wildman–Crippen MR) is 126 cm³/mol. The van der Waals surface area contributed by atoms with Gasteiger partial charge in [-0.25, -0.2) is 4.39 Å². The van der Waals surface area contributed by atoms with E-state index in [1.165, 1.54) is 6.07 Å². The van der Waals surface area contributed by atoms with E-state index in [1.54, 1.807) is 31.4 Å². The Morgan fingerprint density at radius 2 is 1.70 bits per heavy atom. The minimum atomic E-state index is -0.184. The van der Waals surface area contributed by atoms with E-state index in [-0.39, 0.29) is 11.7 Å². The van der Waals surface area contributed by atoms with Crippen LogP contribution in [-0.4, -0.2) is 49.0 Å². The number of carbonyl (C=O) groups excluding carboxylic acids is 1. The maximum absolute atomic E-state index is 14.0. The molecule has 0 bridgehead atoms. The molecular weight excluding hydrogens is 419 g/mol. The van der Waals surface area contributed by atoms with Gasteiger partial charge in [-0.1, -0.05) is 48.5 Å². The van der Waals surface area contributed by atoms with Gasteiger partial charge in [0, 0.05) is 43.9 Å². The topological polar surface area (TPSA) is 42.0 Å². The first-order valence-electron chi connectivity index (χ1n) is 11.2. The number of amides is 1. The fourth-order valence-corrected chi connectivity index (χ4v) is 4.04. The van der Waals surface area contributed by atoms with Gasteiger partial charge in [0.25, 0.3) is 5.91 Å². The van der Waals surface area contributed by atoms with Crippen molar-refractivity contribution in [1.29, 1.82) is 0 Å². The summed E-state index contributed by atoms with van der Waals surface area (Å²) in [5.41, 5.74) is 2.32. The van der Waals surface area contributed by atoms with E-state index in [0.717, 1.165) is 18.5 Å². The Morgan fingerprint density at radius 1 is 0.909 bits per heavy atom. The van der Waals surface area contributed by atoms with Crippen molar-refractivity contribution >= 4 is 5.91 Å². The van der Waals surface area contributed by atoms with Crippen LogP contribution in [0.15, 0.2) is 72.8 Å². The summed E-state index contributed by atoms with van der Waals surface area (Å²) < 4.78 is 25.4. The van der Waals surface area contributed by atoms with Gasteiger partial charge in [0.2, 0.25) is 0 Å². The highest BCUT2D eigenvalue weighted by Crippen LogP contribution is 2.29. The van der Waals surface area contributed by atoms with Crippen LogP contribution < -0.4 is 9.47 Å². The Hall–Kier alpha value is -3.38. The van der Waals surface area contributed by atoms with Crippen LogP contribution in [-0.2, 0) is 13.2 Å². The van der Waals surface area contributed by atoms with Gasteiger partial charge in [-0.2, -0.15) is 0 Å². The lowest BCUT2D eigenvalue weighted by Gasteiger charge is -2.22. The quantitative estimate of drug-likeness (QED) is 0.523. The van der Waals surface area contributed by atoms with E-state index in [4.69, 9.17) is 9.47 Å². The number of carbonyl (C=O) groups is 1. The summed E-state index contributed by atoms with van der Waals surface area (Å²) in [5, 5.41) is 0. The molecule has 0 spiro atoms. The van der Waals surface area contributed by atoms with Crippen molar-refractivity contribution in [1.82, 2.24) is 9.80 Å². The number of hydrogen-bond donors (Lipinski definition) is 0. The molecule has 1 aliphatic rings. The molecule has 1 amide bonds. The number of ether oxygens (including phenoxy) is 2. The lowest BCUT2D eigenvalue weighted by Crippen LogP contribution is -2.35. The van der Waals surface area contributed by atoms with E-state index in [0.29, 0.717) is 55.4 Å². The molecule has 1 aliphatic heterocycles. The molecule has 6 heteroatoms. The molecule has 1 saturated heterocycles. The van der Waals surface area contributed by atoms with Gasteiger partial charge in [-0.3, -0.25) is 9.69 Å². The minimum Gasteiger partial charge on any atom is -0.493 e. The lowest BCUT2D eigenvalue weighted by molar-refractivity contribution is 0.0760. The van der Waals surface area contributed by atoms with Crippen LogP contribution in [0, 0.1) is 5.82 Å². The van der Waals surface area contributed by atoms with E-state index in [2.05, 4.69) is 4.90 Å². The zero-order valence-corrected chi connectivity index (χ0v) is 18.9. The molecule has 172 valence electrons. The summed E-state index contributed by atoms with van der Waals surface area (Å²) in [6.07, 6.45) is 0.843. The fourth-order valence-electron chi connectivity index (χ4n) is 4.04. The number of benzene rings is 3. The number of hydrogen-bond acceptors (Lipinski definition) is 4. The second kappa shape index (κ2) is 11.0. The van der Waals surface area contributed by atoms with Gasteiger partial charge in [-0.15, -0.1) is 0 Å². The van der Waals surface area contributed by atoms with E-state index < -0.39 is 0 Å². The third-order valence-electron chi connectivity index (χ3n) is 5.88. The third kappa shape index (κ3) is 5.90. The molecule has 0 saturated carbocycles. The predicted octanol–water partition coefficient (Wildman–Crippen LogP) is 4.76. The van der Waals surface area contributed by atoms with E-state index >= 15 is 0 Å². The second-order valence-electron chi connectivity index (χ2n) is 8.15. The van der Waals surface area contributed by atoms with Crippen molar-refractivity contribution in [3.8, 4) is 11.5 Å². The standard InChI is InChI=1S/C27H29FN2O3/c1-32-26-18-22(12-13-25(26)33-20-21-8-3-2-4-9-21)27(31)30-15-7-14-29(16-17-30)19-23-10-5-6-11-24(23)28/h2-6,8-13,18H,7,14-17,19-20H2,1H3. The van der Waals surface area contributed by atoms with Gasteiger partial charge < -0.3 is 14.4 Å². The summed E-state index contributed by atoms with van der Waals surface area (Å²) in [6.45, 7) is 3.77. The zero-order valence-electron chi connectivity index (χ0n) is 18.9. The largest absolute Gasteiger partial charge is 0.493 e. The maximum Gasteiger partial charge on any atom is 0.254 e. The molecule has 0 N–H and O–H groups in total. The van der Waals surface area contributed by atoms with Crippen LogP contribution in [0.5, 0.6) is 11.5 Å². The summed E-state index contributed by atoms with van der Waals surface area (Å²) >= 11 is 0. The highest BCUT2D eigenvalue weighted by atomic mass is 19.1. The highest BCUT2D eigenvalue weighted by molar-refractivity contribution is 5.95. The van der Waals surface area contributed by atoms with Gasteiger partial charge in [-0.05, 0) is 36.2 Å². The van der Waals surface area contributed by atoms with Crippen LogP contribution in [0.4, 0.5) is 4.39 Å². The van der Waals surface area contributed by atoms with E-state index in [9.17, 15) is 9.18 Å². The minimum absolute atomic E-state index is 0.0318. The van der Waals surface area contributed by atoms with Crippen molar-refractivity contribution in [3.63, 3.8) is 0 Å². The summed E-state index contributed by atoms with van der Waals surface area (Å²) in [5.74, 6) is 0.921. The Bertz CT molecular complexity index is 1070. The Morgan fingerprint density at radius 3 is 2.48 bits per heavy atom. The number of nitrogens with zero attached hydrogens (tertiary/aromatic N) is 2. The number of methoxy groups -OCH3 is 1. The molecule has 0 aromatic heterocycles. The van der Waals surface area contributed by atoms with Crippen molar-refractivity contribution in [3.05, 3.63) is 95.3 Å². The highest BCUT2D eigenvalue weighted by Gasteiger charge is 2.22. The third-order valence-corrected chi connectivity index (χ3v) is 5.88. The average Bonchev–Trinajstić information content (AvgIpc) is 3.10. The maximum atomic E-state index is 14.0. The lowest BCUT2D eigenvalue weighted by atomic mass is 10.1. The van der Waals surface area contributed by atoms with Gasteiger partial charge >= 0.3 is 0 Å². The second-order valence-corrected chi connectivity index (χ2v) is 8.15. The van der Waals surface area contributed by atoms with Crippen LogP contribution in [0.1, 0.15) is 27.9 Å². The molecule has 0 unspecified atom stereocenters. The molecule has 0 atom stereocenters.